The van der Waals surface area contributed by atoms with Gasteiger partial charge in [-0.05, 0) is 48.9 Å². The molecular formula is C21H32ClN5. The zero-order valence-corrected chi connectivity index (χ0v) is 17.4. The van der Waals surface area contributed by atoms with Crippen molar-refractivity contribution in [1.29, 1.82) is 0 Å². The number of piperidine rings is 1. The summed E-state index contributed by atoms with van der Waals surface area (Å²) in [5.41, 5.74) is 2.41. The maximum absolute atomic E-state index is 6.14. The number of likely N-dealkylation sites (tertiary alicyclic amines) is 1. The van der Waals surface area contributed by atoms with Crippen molar-refractivity contribution < 1.29 is 0 Å². The summed E-state index contributed by atoms with van der Waals surface area (Å²) in [5, 5.41) is 9.02. The molecule has 6 heteroatoms. The van der Waals surface area contributed by atoms with Gasteiger partial charge in [-0.1, -0.05) is 25.4 Å². The molecule has 0 amide bonds. The molecule has 0 unspecified atom stereocenters. The van der Waals surface area contributed by atoms with Gasteiger partial charge in [0.1, 0.15) is 0 Å². The molecule has 1 fully saturated rings. The van der Waals surface area contributed by atoms with Crippen LogP contribution in [0.3, 0.4) is 0 Å². The fourth-order valence-electron chi connectivity index (χ4n) is 3.84. The number of H-pyrrole nitrogens is 1. The van der Waals surface area contributed by atoms with Crippen LogP contribution in [-0.2, 0) is 6.42 Å². The van der Waals surface area contributed by atoms with Crippen molar-refractivity contribution in [1.82, 2.24) is 20.5 Å². The number of aliphatic imine (C=N–C) groups is 1. The molecular weight excluding hydrogens is 358 g/mol. The molecule has 0 radical (unpaired) electrons. The third-order valence-electron chi connectivity index (χ3n) is 5.19. The molecule has 2 aromatic rings. The first-order valence-electron chi connectivity index (χ1n) is 10.00. The van der Waals surface area contributed by atoms with Crippen molar-refractivity contribution in [3.63, 3.8) is 0 Å². The largest absolute Gasteiger partial charge is 0.361 e. The van der Waals surface area contributed by atoms with Gasteiger partial charge in [0.15, 0.2) is 5.96 Å². The third kappa shape index (κ3) is 5.63. The minimum absolute atomic E-state index is 0.506. The number of benzene rings is 1. The van der Waals surface area contributed by atoms with Crippen LogP contribution in [0, 0.1) is 5.92 Å². The number of aromatic amines is 1. The van der Waals surface area contributed by atoms with Crippen LogP contribution in [-0.4, -0.2) is 55.1 Å². The number of nitrogens with one attached hydrogen (secondary N) is 3. The van der Waals surface area contributed by atoms with E-state index in [1.807, 2.05) is 25.2 Å². The number of halogens is 1. The predicted octanol–water partition coefficient (Wildman–Crippen LogP) is 3.65. The van der Waals surface area contributed by atoms with E-state index in [-0.39, 0.29) is 0 Å². The second kappa shape index (κ2) is 9.47. The summed E-state index contributed by atoms with van der Waals surface area (Å²) < 4.78 is 0. The molecule has 0 atom stereocenters. The summed E-state index contributed by atoms with van der Waals surface area (Å²) in [6.07, 6.45) is 5.35. The summed E-state index contributed by atoms with van der Waals surface area (Å²) in [4.78, 5) is 10.3. The van der Waals surface area contributed by atoms with Gasteiger partial charge in [-0.3, -0.25) is 4.99 Å². The van der Waals surface area contributed by atoms with E-state index in [2.05, 4.69) is 45.6 Å². The van der Waals surface area contributed by atoms with Gasteiger partial charge in [-0.2, -0.15) is 0 Å². The fraction of sp³-hybridized carbons (Fsp3) is 0.571. The lowest BCUT2D eigenvalue weighted by Gasteiger charge is -2.34. The minimum atomic E-state index is 0.506. The standard InChI is InChI=1S/C21H32ClN5/c1-15(2)14-27-10-7-18(8-11-27)26-21(23-3)24-9-6-16-13-25-20-5-4-17(22)12-19(16)20/h4-5,12-13,15,18,25H,6-11,14H2,1-3H3,(H2,23,24,26). The zero-order valence-electron chi connectivity index (χ0n) is 16.7. The molecule has 27 heavy (non-hydrogen) atoms. The molecule has 0 aliphatic carbocycles. The van der Waals surface area contributed by atoms with Gasteiger partial charge < -0.3 is 20.5 Å². The van der Waals surface area contributed by atoms with Crippen molar-refractivity contribution in [2.45, 2.75) is 39.2 Å². The first-order valence-corrected chi connectivity index (χ1v) is 10.4. The van der Waals surface area contributed by atoms with Crippen LogP contribution in [0.4, 0.5) is 0 Å². The second-order valence-electron chi connectivity index (χ2n) is 7.87. The number of hydrogen-bond acceptors (Lipinski definition) is 2. The van der Waals surface area contributed by atoms with Gasteiger partial charge in [0.25, 0.3) is 0 Å². The molecule has 1 aliphatic rings. The molecule has 0 spiro atoms. The average Bonchev–Trinajstić information content (AvgIpc) is 3.04. The average molecular weight is 390 g/mol. The molecule has 1 aromatic heterocycles. The van der Waals surface area contributed by atoms with Crippen molar-refractivity contribution in [2.75, 3.05) is 33.2 Å². The van der Waals surface area contributed by atoms with Gasteiger partial charge in [-0.25, -0.2) is 0 Å². The Kier molecular flexibility index (Phi) is 7.02. The van der Waals surface area contributed by atoms with Gasteiger partial charge in [0.05, 0.1) is 0 Å². The molecule has 148 valence electrons. The van der Waals surface area contributed by atoms with E-state index in [9.17, 15) is 0 Å². The SMILES string of the molecule is CN=C(NCCc1c[nH]c2ccc(Cl)cc12)NC1CCN(CC(C)C)CC1. The Labute approximate surface area is 167 Å². The van der Waals surface area contributed by atoms with Crippen LogP contribution in [0.1, 0.15) is 32.3 Å². The smallest absolute Gasteiger partial charge is 0.191 e. The normalized spacial score (nSPS) is 17.0. The topological polar surface area (TPSA) is 55.5 Å². The van der Waals surface area contributed by atoms with Crippen molar-refractivity contribution in [3.8, 4) is 0 Å². The Bertz CT molecular complexity index is 759. The second-order valence-corrected chi connectivity index (χ2v) is 8.30. The minimum Gasteiger partial charge on any atom is -0.361 e. The van der Waals surface area contributed by atoms with Crippen LogP contribution in [0.25, 0.3) is 10.9 Å². The number of rotatable bonds is 6. The lowest BCUT2D eigenvalue weighted by atomic mass is 10.0. The van der Waals surface area contributed by atoms with Crippen LogP contribution in [0.5, 0.6) is 0 Å². The van der Waals surface area contributed by atoms with Gasteiger partial charge >= 0.3 is 0 Å². The summed E-state index contributed by atoms with van der Waals surface area (Å²) in [5.74, 6) is 1.64. The Morgan fingerprint density at radius 2 is 2.11 bits per heavy atom. The summed E-state index contributed by atoms with van der Waals surface area (Å²) in [6, 6.07) is 6.48. The van der Waals surface area contributed by atoms with E-state index in [0.717, 1.165) is 35.4 Å². The van der Waals surface area contributed by atoms with E-state index in [1.165, 1.54) is 43.4 Å². The van der Waals surface area contributed by atoms with Gasteiger partial charge in [0.2, 0.25) is 0 Å². The van der Waals surface area contributed by atoms with E-state index in [4.69, 9.17) is 11.6 Å². The molecule has 3 N–H and O–H groups in total. The molecule has 1 aliphatic heterocycles. The molecule has 1 aromatic carbocycles. The Morgan fingerprint density at radius 1 is 1.33 bits per heavy atom. The van der Waals surface area contributed by atoms with Crippen molar-refractivity contribution in [3.05, 3.63) is 35.0 Å². The lowest BCUT2D eigenvalue weighted by molar-refractivity contribution is 0.187. The first-order chi connectivity index (χ1) is 13.0. The molecule has 2 heterocycles. The van der Waals surface area contributed by atoms with E-state index in [1.54, 1.807) is 0 Å². The van der Waals surface area contributed by atoms with E-state index >= 15 is 0 Å². The Balaban J connectivity index is 1.45. The van der Waals surface area contributed by atoms with Crippen molar-refractivity contribution in [2.24, 2.45) is 10.9 Å². The van der Waals surface area contributed by atoms with Gasteiger partial charge in [-0.15, -0.1) is 0 Å². The lowest BCUT2D eigenvalue weighted by Crippen LogP contribution is -2.49. The number of nitrogens with zero attached hydrogens (tertiary/aromatic N) is 2. The number of hydrogen-bond donors (Lipinski definition) is 3. The first kappa shape index (κ1) is 20.0. The highest BCUT2D eigenvalue weighted by atomic mass is 35.5. The predicted molar refractivity (Wildman–Crippen MR) is 116 cm³/mol. The van der Waals surface area contributed by atoms with Crippen LogP contribution in [0.15, 0.2) is 29.4 Å². The van der Waals surface area contributed by atoms with Crippen LogP contribution in [0.2, 0.25) is 5.02 Å². The van der Waals surface area contributed by atoms with Gasteiger partial charge in [0, 0.05) is 61.4 Å². The quantitative estimate of drug-likeness (QED) is 0.522. The maximum Gasteiger partial charge on any atom is 0.191 e. The monoisotopic (exact) mass is 389 g/mol. The van der Waals surface area contributed by atoms with Crippen LogP contribution >= 0.6 is 11.6 Å². The fourth-order valence-corrected chi connectivity index (χ4v) is 4.01. The van der Waals surface area contributed by atoms with E-state index < -0.39 is 0 Å². The van der Waals surface area contributed by atoms with Crippen LogP contribution < -0.4 is 10.6 Å². The maximum atomic E-state index is 6.14. The number of fused-ring (bicyclic) bond motifs is 1. The highest BCUT2D eigenvalue weighted by molar-refractivity contribution is 6.31. The molecule has 0 saturated carbocycles. The Hall–Kier alpha value is -1.72. The summed E-state index contributed by atoms with van der Waals surface area (Å²) in [6.45, 7) is 8.96. The molecule has 0 bridgehead atoms. The third-order valence-corrected chi connectivity index (χ3v) is 5.43. The Morgan fingerprint density at radius 3 is 2.81 bits per heavy atom. The zero-order chi connectivity index (χ0) is 19.2. The highest BCUT2D eigenvalue weighted by Crippen LogP contribution is 2.22. The van der Waals surface area contributed by atoms with Crippen molar-refractivity contribution >= 4 is 28.5 Å². The summed E-state index contributed by atoms with van der Waals surface area (Å²) >= 11 is 6.14. The summed E-state index contributed by atoms with van der Waals surface area (Å²) in [7, 11) is 1.84. The van der Waals surface area contributed by atoms with E-state index in [0.29, 0.717) is 6.04 Å². The number of guanidine groups is 1. The highest BCUT2D eigenvalue weighted by Gasteiger charge is 2.20. The molecule has 1 saturated heterocycles. The number of aromatic nitrogens is 1. The molecule has 5 nitrogen and oxygen atoms in total. The molecule has 3 rings (SSSR count).